The molecule has 0 aliphatic carbocycles. The number of benzene rings is 3. The summed E-state index contributed by atoms with van der Waals surface area (Å²) in [4.78, 5) is -0.111. The van der Waals surface area contributed by atoms with Crippen molar-refractivity contribution in [1.82, 2.24) is 4.57 Å². The predicted octanol–water partition coefficient (Wildman–Crippen LogP) is 4.83. The summed E-state index contributed by atoms with van der Waals surface area (Å²) in [5, 5.41) is 27.8. The largest absolute Gasteiger partial charge is 0.493 e. The number of anilines is 1. The molecule has 0 radical (unpaired) electrons. The van der Waals surface area contributed by atoms with Crippen LogP contribution in [0, 0.1) is 6.92 Å². The molecule has 0 amide bonds. The van der Waals surface area contributed by atoms with Gasteiger partial charge in [0.2, 0.25) is 21.0 Å². The lowest BCUT2D eigenvalue weighted by Crippen LogP contribution is -2.16. The highest BCUT2D eigenvalue weighted by molar-refractivity contribution is 7.89. The monoisotopic (exact) mass is 479 g/mol. The molecule has 0 fully saturated rings. The van der Waals surface area contributed by atoms with Crippen molar-refractivity contribution >= 4 is 49.6 Å². The summed E-state index contributed by atoms with van der Waals surface area (Å²) in [7, 11) is -3.95. The molecule has 168 valence electrons. The van der Waals surface area contributed by atoms with E-state index >= 15 is 0 Å². The number of rotatable bonds is 5. The van der Waals surface area contributed by atoms with E-state index in [1.165, 1.54) is 12.1 Å². The van der Waals surface area contributed by atoms with Crippen LogP contribution in [0.25, 0.3) is 10.9 Å². The van der Waals surface area contributed by atoms with Crippen molar-refractivity contribution < 1.29 is 13.5 Å². The average molecular weight is 480 g/mol. The minimum Gasteiger partial charge on any atom is -0.493 e. The molecule has 0 spiro atoms. The molecule has 33 heavy (non-hydrogen) atoms. The Balaban J connectivity index is 1.69. The highest BCUT2D eigenvalue weighted by Gasteiger charge is 2.19. The van der Waals surface area contributed by atoms with Crippen LogP contribution in [0.15, 0.2) is 87.9 Å². The van der Waals surface area contributed by atoms with E-state index in [9.17, 15) is 13.5 Å². The Morgan fingerprint density at radius 2 is 1.76 bits per heavy atom. The van der Waals surface area contributed by atoms with Gasteiger partial charge in [-0.05, 0) is 42.4 Å². The van der Waals surface area contributed by atoms with E-state index in [1.807, 2.05) is 55.5 Å². The van der Waals surface area contributed by atoms with Gasteiger partial charge in [-0.2, -0.15) is 0 Å². The standard InChI is InChI=1S/C23H21N5O3S2/c1-15-8-7-11-17-20(22(29)28(21(15)17)14-16-9-3-2-4-10-16)26-27-23(32)25-18-12-5-6-13-19(18)33(24,30)31/h2-13,29H,14H2,1H3,(H,25,32)(H2,24,30,31). The second kappa shape index (κ2) is 9.10. The first kappa shape index (κ1) is 22.6. The molecular weight excluding hydrogens is 458 g/mol. The highest BCUT2D eigenvalue weighted by atomic mass is 32.2. The van der Waals surface area contributed by atoms with Gasteiger partial charge < -0.3 is 15.0 Å². The van der Waals surface area contributed by atoms with Gasteiger partial charge in [-0.1, -0.05) is 60.7 Å². The Hall–Kier alpha value is -3.60. The topological polar surface area (TPSA) is 122 Å². The second-order valence-electron chi connectivity index (χ2n) is 7.39. The third-order valence-corrected chi connectivity index (χ3v) is 6.24. The van der Waals surface area contributed by atoms with Crippen LogP contribution in [0.5, 0.6) is 5.88 Å². The molecule has 3 aromatic carbocycles. The Bertz CT molecular complexity index is 1480. The van der Waals surface area contributed by atoms with Crippen LogP contribution >= 0.6 is 12.2 Å². The van der Waals surface area contributed by atoms with Crippen LogP contribution in [-0.2, 0) is 16.6 Å². The van der Waals surface area contributed by atoms with E-state index in [-0.39, 0.29) is 27.3 Å². The van der Waals surface area contributed by atoms with Crippen LogP contribution in [0.4, 0.5) is 11.4 Å². The maximum absolute atomic E-state index is 11.8. The van der Waals surface area contributed by atoms with Crippen LogP contribution in [0.2, 0.25) is 0 Å². The zero-order valence-corrected chi connectivity index (χ0v) is 19.3. The number of aromatic hydroxyl groups is 1. The van der Waals surface area contributed by atoms with Gasteiger partial charge in [0.05, 0.1) is 17.7 Å². The molecule has 10 heteroatoms. The van der Waals surface area contributed by atoms with Crippen LogP contribution in [-0.4, -0.2) is 23.2 Å². The molecule has 0 unspecified atom stereocenters. The highest BCUT2D eigenvalue weighted by Crippen LogP contribution is 2.40. The first-order valence-electron chi connectivity index (χ1n) is 9.95. The number of aryl methyl sites for hydroxylation is 1. The van der Waals surface area contributed by atoms with Gasteiger partial charge in [-0.3, -0.25) is 0 Å². The van der Waals surface area contributed by atoms with Crippen molar-refractivity contribution in [2.24, 2.45) is 15.4 Å². The number of nitrogens with one attached hydrogen (secondary N) is 1. The van der Waals surface area contributed by atoms with Crippen molar-refractivity contribution in [3.8, 4) is 5.88 Å². The lowest BCUT2D eigenvalue weighted by molar-refractivity contribution is 0.429. The fourth-order valence-corrected chi connectivity index (χ4v) is 4.48. The van der Waals surface area contributed by atoms with Crippen LogP contribution in [0.3, 0.4) is 0 Å². The molecule has 1 heterocycles. The third kappa shape index (κ3) is 4.77. The number of fused-ring (bicyclic) bond motifs is 1. The molecular formula is C23H21N5O3S2. The fourth-order valence-electron chi connectivity index (χ4n) is 3.63. The van der Waals surface area contributed by atoms with Gasteiger partial charge in [0.1, 0.15) is 4.90 Å². The molecule has 8 nitrogen and oxygen atoms in total. The molecule has 1 aromatic heterocycles. The number of primary sulfonamides is 1. The first-order chi connectivity index (χ1) is 15.8. The Morgan fingerprint density at radius 3 is 2.48 bits per heavy atom. The van der Waals surface area contributed by atoms with Crippen molar-refractivity contribution in [2.75, 3.05) is 5.32 Å². The Labute approximate surface area is 196 Å². The van der Waals surface area contributed by atoms with Gasteiger partial charge in [0.25, 0.3) is 0 Å². The van der Waals surface area contributed by atoms with Crippen molar-refractivity contribution in [3.05, 3.63) is 83.9 Å². The lowest BCUT2D eigenvalue weighted by atomic mass is 10.1. The number of hydrogen-bond donors (Lipinski definition) is 3. The van der Waals surface area contributed by atoms with Crippen molar-refractivity contribution in [1.29, 1.82) is 0 Å². The molecule has 0 saturated heterocycles. The molecule has 4 aromatic rings. The van der Waals surface area contributed by atoms with E-state index in [0.29, 0.717) is 6.54 Å². The first-order valence-corrected chi connectivity index (χ1v) is 11.9. The SMILES string of the molecule is Cc1cccc2c(N=NC(=S)Nc3ccccc3S(N)(=O)=O)c(O)n(Cc3ccccc3)c12. The van der Waals surface area contributed by atoms with Gasteiger partial charge in [-0.15, -0.1) is 10.2 Å². The number of thiocarbonyl (C=S) groups is 1. The lowest BCUT2D eigenvalue weighted by Gasteiger charge is -2.08. The Morgan fingerprint density at radius 1 is 1.06 bits per heavy atom. The third-order valence-electron chi connectivity index (χ3n) is 5.09. The van der Waals surface area contributed by atoms with Crippen molar-refractivity contribution in [3.63, 3.8) is 0 Å². The Kier molecular flexibility index (Phi) is 6.23. The number of aromatic nitrogens is 1. The molecule has 0 atom stereocenters. The van der Waals surface area contributed by atoms with Crippen LogP contribution < -0.4 is 10.5 Å². The number of hydrogen-bond acceptors (Lipinski definition) is 5. The average Bonchev–Trinajstić information content (AvgIpc) is 3.04. The molecule has 0 saturated carbocycles. The quantitative estimate of drug-likeness (QED) is 0.279. The number of para-hydroxylation sites is 2. The summed E-state index contributed by atoms with van der Waals surface area (Å²) in [6.07, 6.45) is 0. The van der Waals surface area contributed by atoms with Gasteiger partial charge >= 0.3 is 0 Å². The summed E-state index contributed by atoms with van der Waals surface area (Å²) in [6.45, 7) is 2.41. The molecule has 4 N–H and O–H groups in total. The molecule has 4 rings (SSSR count). The van der Waals surface area contributed by atoms with E-state index in [2.05, 4.69) is 15.5 Å². The minimum absolute atomic E-state index is 0.0420. The molecule has 0 bridgehead atoms. The van der Waals surface area contributed by atoms with E-state index < -0.39 is 10.0 Å². The summed E-state index contributed by atoms with van der Waals surface area (Å²) in [6, 6.07) is 21.5. The van der Waals surface area contributed by atoms with Crippen molar-refractivity contribution in [2.45, 2.75) is 18.4 Å². The summed E-state index contributed by atoms with van der Waals surface area (Å²) >= 11 is 5.23. The number of sulfonamides is 1. The number of nitrogens with two attached hydrogens (primary N) is 1. The van der Waals surface area contributed by atoms with Gasteiger partial charge in [0.15, 0.2) is 5.69 Å². The van der Waals surface area contributed by atoms with Crippen LogP contribution in [0.1, 0.15) is 11.1 Å². The fraction of sp³-hybridized carbons (Fsp3) is 0.0870. The van der Waals surface area contributed by atoms with Gasteiger partial charge in [-0.25, -0.2) is 13.6 Å². The van der Waals surface area contributed by atoms with E-state index in [0.717, 1.165) is 22.0 Å². The van der Waals surface area contributed by atoms with E-state index in [4.69, 9.17) is 17.4 Å². The summed E-state index contributed by atoms with van der Waals surface area (Å²) < 4.78 is 25.4. The number of nitrogens with zero attached hydrogens (tertiary/aromatic N) is 3. The maximum atomic E-state index is 11.8. The molecule has 0 aliphatic rings. The van der Waals surface area contributed by atoms with E-state index in [1.54, 1.807) is 16.7 Å². The van der Waals surface area contributed by atoms with Gasteiger partial charge in [0, 0.05) is 5.39 Å². The zero-order chi connectivity index (χ0) is 23.6. The zero-order valence-electron chi connectivity index (χ0n) is 17.6. The molecule has 0 aliphatic heterocycles. The number of azo groups is 1. The predicted molar refractivity (Wildman–Crippen MR) is 132 cm³/mol. The smallest absolute Gasteiger partial charge is 0.240 e. The maximum Gasteiger partial charge on any atom is 0.240 e. The second-order valence-corrected chi connectivity index (χ2v) is 9.30. The summed E-state index contributed by atoms with van der Waals surface area (Å²) in [5.74, 6) is -0.0420. The summed E-state index contributed by atoms with van der Waals surface area (Å²) in [5.41, 5.74) is 3.30. The minimum atomic E-state index is -3.95. The normalized spacial score (nSPS) is 11.8.